The van der Waals surface area contributed by atoms with Crippen molar-refractivity contribution < 1.29 is 4.74 Å². The van der Waals surface area contributed by atoms with Gasteiger partial charge >= 0.3 is 0 Å². The van der Waals surface area contributed by atoms with E-state index in [-0.39, 0.29) is 0 Å². The summed E-state index contributed by atoms with van der Waals surface area (Å²) >= 11 is 1.74. The fraction of sp³-hybridized carbons (Fsp3) is 0.259. The van der Waals surface area contributed by atoms with Crippen LogP contribution in [0.4, 0.5) is 0 Å². The van der Waals surface area contributed by atoms with Gasteiger partial charge in [0.25, 0.3) is 0 Å². The summed E-state index contributed by atoms with van der Waals surface area (Å²) in [6.07, 6.45) is 10.9. The number of methoxy groups -OCH3 is 1. The maximum atomic E-state index is 5.25. The molecule has 0 saturated heterocycles. The number of allylic oxidation sites excluding steroid dienone is 6. The van der Waals surface area contributed by atoms with Crippen molar-refractivity contribution in [2.45, 2.75) is 40.5 Å². The van der Waals surface area contributed by atoms with Crippen LogP contribution in [-0.2, 0) is 4.74 Å². The number of thiophene rings is 1. The Kier molecular flexibility index (Phi) is 6.96. The predicted octanol–water partition coefficient (Wildman–Crippen LogP) is 7.53. The van der Waals surface area contributed by atoms with E-state index in [0.29, 0.717) is 5.76 Å². The molecule has 0 bridgehead atoms. The van der Waals surface area contributed by atoms with Crippen molar-refractivity contribution >= 4 is 23.0 Å². The summed E-state index contributed by atoms with van der Waals surface area (Å²) in [6.45, 7) is 8.53. The quantitative estimate of drug-likeness (QED) is 0.374. The molecule has 3 rings (SSSR count). The Morgan fingerprint density at radius 1 is 1.14 bits per heavy atom. The minimum Gasteiger partial charge on any atom is -0.489 e. The van der Waals surface area contributed by atoms with E-state index >= 15 is 0 Å². The summed E-state index contributed by atoms with van der Waals surface area (Å²) in [4.78, 5) is 2.29. The number of benzene rings is 1. The SMILES string of the molecule is C/C=C(/C#Cc1ccc(/C2=C(C)\C=C/CC/C(C)=C/c3ccc(C)cc32)s1)OC. The van der Waals surface area contributed by atoms with E-state index in [0.717, 1.165) is 17.7 Å². The van der Waals surface area contributed by atoms with Gasteiger partial charge in [0.05, 0.1) is 12.0 Å². The highest BCUT2D eigenvalue weighted by Gasteiger charge is 2.15. The lowest BCUT2D eigenvalue weighted by Gasteiger charge is -2.15. The van der Waals surface area contributed by atoms with Crippen molar-refractivity contribution in [1.82, 2.24) is 0 Å². The largest absolute Gasteiger partial charge is 0.489 e. The van der Waals surface area contributed by atoms with Gasteiger partial charge in [-0.05, 0) is 87.3 Å². The third-order valence-electron chi connectivity index (χ3n) is 4.99. The molecule has 0 atom stereocenters. The molecule has 0 unspecified atom stereocenters. The third-order valence-corrected chi connectivity index (χ3v) is 6.01. The molecule has 1 aromatic heterocycles. The second kappa shape index (κ2) is 9.63. The van der Waals surface area contributed by atoms with Crippen LogP contribution in [0.15, 0.2) is 65.5 Å². The standard InChI is InChI=1S/C27H28OS/c1-6-23(28-5)13-14-24-15-16-26(29-24)27-21(4)10-8-7-9-19(2)17-22-12-11-20(3)18-25(22)27/h6,8,10-12,15-18H,7,9H2,1-5H3/b10-8-,19-17+,23-6-,27-21-. The van der Waals surface area contributed by atoms with Crippen LogP contribution in [0.1, 0.15) is 60.1 Å². The Morgan fingerprint density at radius 2 is 1.97 bits per heavy atom. The maximum absolute atomic E-state index is 5.25. The highest BCUT2D eigenvalue weighted by atomic mass is 32.1. The van der Waals surface area contributed by atoms with Crippen molar-refractivity contribution in [2.24, 2.45) is 0 Å². The highest BCUT2D eigenvalue weighted by molar-refractivity contribution is 7.13. The van der Waals surface area contributed by atoms with Gasteiger partial charge in [-0.15, -0.1) is 11.3 Å². The Labute approximate surface area is 179 Å². The van der Waals surface area contributed by atoms with E-state index < -0.39 is 0 Å². The first-order valence-electron chi connectivity index (χ1n) is 10.00. The number of rotatable bonds is 2. The number of ether oxygens (including phenoxy) is 1. The molecule has 1 heterocycles. The molecule has 0 spiro atoms. The molecule has 0 fully saturated rings. The van der Waals surface area contributed by atoms with E-state index in [1.807, 2.05) is 13.0 Å². The molecule has 1 nitrogen and oxygen atoms in total. The van der Waals surface area contributed by atoms with Gasteiger partial charge in [-0.2, -0.15) is 0 Å². The lowest BCUT2D eigenvalue weighted by Crippen LogP contribution is -1.95. The smallest absolute Gasteiger partial charge is 0.165 e. The lowest BCUT2D eigenvalue weighted by atomic mass is 9.90. The zero-order valence-electron chi connectivity index (χ0n) is 17.9. The van der Waals surface area contributed by atoms with Crippen LogP contribution >= 0.6 is 11.3 Å². The van der Waals surface area contributed by atoms with Crippen LogP contribution < -0.4 is 0 Å². The highest BCUT2D eigenvalue weighted by Crippen LogP contribution is 2.36. The molecular weight excluding hydrogens is 372 g/mol. The van der Waals surface area contributed by atoms with Crippen LogP contribution in [-0.4, -0.2) is 7.11 Å². The van der Waals surface area contributed by atoms with Crippen molar-refractivity contribution in [1.29, 1.82) is 0 Å². The van der Waals surface area contributed by atoms with Crippen LogP contribution in [0.5, 0.6) is 0 Å². The second-order valence-corrected chi connectivity index (χ2v) is 8.44. The molecule has 148 valence electrons. The molecule has 0 amide bonds. The zero-order chi connectivity index (χ0) is 20.8. The third kappa shape index (κ3) is 5.19. The number of fused-ring (bicyclic) bond motifs is 1. The first-order chi connectivity index (χ1) is 14.0. The van der Waals surface area contributed by atoms with Gasteiger partial charge in [0.15, 0.2) is 5.76 Å². The van der Waals surface area contributed by atoms with Crippen LogP contribution in [0, 0.1) is 18.8 Å². The summed E-state index contributed by atoms with van der Waals surface area (Å²) in [6, 6.07) is 11.1. The lowest BCUT2D eigenvalue weighted by molar-refractivity contribution is 0.310. The van der Waals surface area contributed by atoms with E-state index in [1.165, 1.54) is 38.3 Å². The predicted molar refractivity (Wildman–Crippen MR) is 127 cm³/mol. The average molecular weight is 401 g/mol. The fourth-order valence-electron chi connectivity index (χ4n) is 3.45. The monoisotopic (exact) mass is 400 g/mol. The normalized spacial score (nSPS) is 20.0. The minimum atomic E-state index is 0.693. The van der Waals surface area contributed by atoms with Crippen LogP contribution in [0.3, 0.4) is 0 Å². The van der Waals surface area contributed by atoms with Gasteiger partial charge in [-0.25, -0.2) is 0 Å². The fourth-order valence-corrected chi connectivity index (χ4v) is 4.43. The van der Waals surface area contributed by atoms with Gasteiger partial charge in [-0.3, -0.25) is 0 Å². The van der Waals surface area contributed by atoms with E-state index in [1.54, 1.807) is 18.4 Å². The van der Waals surface area contributed by atoms with Gasteiger partial charge in [0.1, 0.15) is 0 Å². The minimum absolute atomic E-state index is 0.693. The Morgan fingerprint density at radius 3 is 2.72 bits per heavy atom. The summed E-state index contributed by atoms with van der Waals surface area (Å²) in [5.41, 5.74) is 7.85. The van der Waals surface area contributed by atoms with Crippen molar-refractivity contribution in [3.05, 3.63) is 91.9 Å². The topological polar surface area (TPSA) is 9.23 Å². The average Bonchev–Trinajstić information content (AvgIpc) is 3.16. The Bertz CT molecular complexity index is 1080. The van der Waals surface area contributed by atoms with Gasteiger partial charge in [-0.1, -0.05) is 47.6 Å². The van der Waals surface area contributed by atoms with Crippen LogP contribution in [0.25, 0.3) is 11.6 Å². The number of hydrogen-bond acceptors (Lipinski definition) is 2. The van der Waals surface area contributed by atoms with Crippen molar-refractivity contribution in [3.8, 4) is 11.8 Å². The molecule has 0 aliphatic heterocycles. The molecule has 29 heavy (non-hydrogen) atoms. The summed E-state index contributed by atoms with van der Waals surface area (Å²) in [5.74, 6) is 7.03. The maximum Gasteiger partial charge on any atom is 0.165 e. The molecular formula is C27H28OS. The summed E-state index contributed by atoms with van der Waals surface area (Å²) in [7, 11) is 1.65. The molecule has 0 saturated carbocycles. The van der Waals surface area contributed by atoms with E-state index in [9.17, 15) is 0 Å². The Balaban J connectivity index is 2.15. The van der Waals surface area contributed by atoms with Crippen LogP contribution in [0.2, 0.25) is 0 Å². The van der Waals surface area contributed by atoms with E-state index in [2.05, 4.69) is 81.2 Å². The van der Waals surface area contributed by atoms with Crippen molar-refractivity contribution in [2.75, 3.05) is 7.11 Å². The van der Waals surface area contributed by atoms with E-state index in [4.69, 9.17) is 4.74 Å². The first kappa shape index (κ1) is 21.0. The molecule has 2 aromatic rings. The summed E-state index contributed by atoms with van der Waals surface area (Å²) < 4.78 is 5.25. The van der Waals surface area contributed by atoms with Gasteiger partial charge in [0.2, 0.25) is 0 Å². The molecule has 1 aromatic carbocycles. The molecule has 0 N–H and O–H groups in total. The molecule has 1 aliphatic rings. The zero-order valence-corrected chi connectivity index (χ0v) is 18.7. The van der Waals surface area contributed by atoms with Gasteiger partial charge in [0, 0.05) is 10.5 Å². The number of hydrogen-bond donors (Lipinski definition) is 0. The second-order valence-electron chi connectivity index (χ2n) is 7.35. The van der Waals surface area contributed by atoms with Crippen molar-refractivity contribution in [3.63, 3.8) is 0 Å². The first-order valence-corrected chi connectivity index (χ1v) is 10.8. The molecule has 0 radical (unpaired) electrons. The van der Waals surface area contributed by atoms with Gasteiger partial charge < -0.3 is 4.74 Å². The Hall–Kier alpha value is -2.76. The molecule has 2 heteroatoms. The molecule has 1 aliphatic carbocycles. The summed E-state index contributed by atoms with van der Waals surface area (Å²) in [5, 5.41) is 0. The number of aryl methyl sites for hydroxylation is 1.